The Morgan fingerprint density at radius 2 is 1.66 bits per heavy atom. The monoisotopic (exact) mass is 409 g/mol. The van der Waals surface area contributed by atoms with Crippen LogP contribution in [-0.2, 0) is 9.53 Å². The van der Waals surface area contributed by atoms with E-state index >= 15 is 0 Å². The third kappa shape index (κ3) is 5.36. The molecule has 1 amide bonds. The Morgan fingerprint density at radius 1 is 0.966 bits per heavy atom. The Labute approximate surface area is 172 Å². The molecule has 0 aliphatic rings. The number of esters is 1. The summed E-state index contributed by atoms with van der Waals surface area (Å²) in [5, 5.41) is 2.66. The average molecular weight is 409 g/mol. The van der Waals surface area contributed by atoms with Gasteiger partial charge in [0, 0.05) is 21.7 Å². The van der Waals surface area contributed by atoms with Crippen LogP contribution in [0.15, 0.2) is 70.0 Å². The zero-order valence-corrected chi connectivity index (χ0v) is 16.7. The maximum atomic E-state index is 12.1. The average Bonchev–Trinajstić information content (AvgIpc) is 3.23. The van der Waals surface area contributed by atoms with Crippen LogP contribution in [0.5, 0.6) is 0 Å². The van der Waals surface area contributed by atoms with Gasteiger partial charge in [0.2, 0.25) is 5.76 Å². The molecule has 0 saturated heterocycles. The lowest BCUT2D eigenvalue weighted by atomic mass is 10.1. The minimum absolute atomic E-state index is 0.00670. The van der Waals surface area contributed by atoms with E-state index < -0.39 is 18.5 Å². The van der Waals surface area contributed by atoms with Gasteiger partial charge in [0.15, 0.2) is 12.4 Å². The van der Waals surface area contributed by atoms with Gasteiger partial charge in [-0.1, -0.05) is 24.3 Å². The van der Waals surface area contributed by atoms with Crippen molar-refractivity contribution in [2.24, 2.45) is 0 Å². The van der Waals surface area contributed by atoms with E-state index in [1.165, 1.54) is 13.0 Å². The molecule has 0 unspecified atom stereocenters. The maximum absolute atomic E-state index is 12.1. The summed E-state index contributed by atoms with van der Waals surface area (Å²) < 4.78 is 10.5. The minimum Gasteiger partial charge on any atom is -0.450 e. The number of furan rings is 1. The van der Waals surface area contributed by atoms with Gasteiger partial charge in [-0.3, -0.25) is 9.59 Å². The second kappa shape index (κ2) is 9.25. The van der Waals surface area contributed by atoms with Crippen molar-refractivity contribution in [2.45, 2.75) is 11.8 Å². The molecule has 0 aliphatic carbocycles. The Kier molecular flexibility index (Phi) is 6.51. The molecule has 6 nitrogen and oxygen atoms in total. The van der Waals surface area contributed by atoms with Crippen molar-refractivity contribution in [2.75, 3.05) is 18.2 Å². The molecule has 0 fully saturated rings. The van der Waals surface area contributed by atoms with Gasteiger partial charge in [0.1, 0.15) is 5.76 Å². The number of nitrogens with one attached hydrogen (secondary N) is 1. The van der Waals surface area contributed by atoms with E-state index in [0.29, 0.717) is 17.0 Å². The molecule has 0 aliphatic heterocycles. The van der Waals surface area contributed by atoms with E-state index in [2.05, 4.69) is 5.32 Å². The van der Waals surface area contributed by atoms with Crippen LogP contribution in [0.3, 0.4) is 0 Å². The molecular weight excluding hydrogens is 390 g/mol. The van der Waals surface area contributed by atoms with Crippen molar-refractivity contribution in [3.05, 3.63) is 72.0 Å². The predicted molar refractivity (Wildman–Crippen MR) is 111 cm³/mol. The summed E-state index contributed by atoms with van der Waals surface area (Å²) >= 11 is 1.60. The molecule has 1 N–H and O–H groups in total. The predicted octanol–water partition coefficient (Wildman–Crippen LogP) is 4.67. The number of hydrogen-bond donors (Lipinski definition) is 1. The van der Waals surface area contributed by atoms with E-state index in [9.17, 15) is 14.4 Å². The standard InChI is InChI=1S/C22H19NO5S/c1-14(24)15-3-5-16(6-4-15)19-11-12-20(28-19)22(26)27-13-21(25)23-17-7-9-18(29-2)10-8-17/h3-12H,13H2,1-2H3,(H,23,25). The van der Waals surface area contributed by atoms with Crippen LogP contribution >= 0.6 is 11.8 Å². The molecule has 3 aromatic rings. The number of benzene rings is 2. The number of carbonyl (C=O) groups excluding carboxylic acids is 3. The summed E-state index contributed by atoms with van der Waals surface area (Å²) in [6, 6.07) is 17.3. The zero-order valence-electron chi connectivity index (χ0n) is 15.9. The molecule has 148 valence electrons. The highest BCUT2D eigenvalue weighted by Gasteiger charge is 2.15. The van der Waals surface area contributed by atoms with Gasteiger partial charge in [-0.05, 0) is 49.6 Å². The molecule has 1 aromatic heterocycles. The summed E-state index contributed by atoms with van der Waals surface area (Å²) in [5.74, 6) is -0.747. The Morgan fingerprint density at radius 3 is 2.28 bits per heavy atom. The van der Waals surface area contributed by atoms with Crippen molar-refractivity contribution in [1.82, 2.24) is 0 Å². The number of ether oxygens (including phenoxy) is 1. The fourth-order valence-corrected chi connectivity index (χ4v) is 2.95. The van der Waals surface area contributed by atoms with Crippen molar-refractivity contribution < 1.29 is 23.5 Å². The van der Waals surface area contributed by atoms with E-state index in [0.717, 1.165) is 10.5 Å². The van der Waals surface area contributed by atoms with Gasteiger partial charge in [-0.2, -0.15) is 0 Å². The number of amides is 1. The fourth-order valence-electron chi connectivity index (χ4n) is 2.55. The minimum atomic E-state index is -0.732. The van der Waals surface area contributed by atoms with Crippen LogP contribution in [-0.4, -0.2) is 30.5 Å². The zero-order chi connectivity index (χ0) is 20.8. The lowest BCUT2D eigenvalue weighted by Gasteiger charge is -2.06. The molecule has 0 spiro atoms. The van der Waals surface area contributed by atoms with Crippen molar-refractivity contribution in [3.63, 3.8) is 0 Å². The third-order valence-corrected chi connectivity index (χ3v) is 4.83. The Bertz CT molecular complexity index is 1020. The van der Waals surface area contributed by atoms with Gasteiger partial charge >= 0.3 is 5.97 Å². The van der Waals surface area contributed by atoms with Crippen LogP contribution in [0.2, 0.25) is 0 Å². The number of carbonyl (C=O) groups is 3. The summed E-state index contributed by atoms with van der Waals surface area (Å²) in [4.78, 5) is 36.5. The SMILES string of the molecule is CSc1ccc(NC(=O)COC(=O)c2ccc(-c3ccc(C(C)=O)cc3)o2)cc1. The third-order valence-electron chi connectivity index (χ3n) is 4.09. The number of Topliss-reactive ketones (excluding diaryl/α,β-unsaturated/α-hetero) is 1. The van der Waals surface area contributed by atoms with Gasteiger partial charge < -0.3 is 14.5 Å². The van der Waals surface area contributed by atoms with Gasteiger partial charge in [-0.15, -0.1) is 11.8 Å². The molecule has 3 rings (SSSR count). The quantitative estimate of drug-likeness (QED) is 0.347. The summed E-state index contributed by atoms with van der Waals surface area (Å²) in [5.41, 5.74) is 1.94. The van der Waals surface area contributed by atoms with Crippen LogP contribution in [0, 0.1) is 0 Å². The summed E-state index contributed by atoms with van der Waals surface area (Å²) in [7, 11) is 0. The topological polar surface area (TPSA) is 85.6 Å². The number of ketones is 1. The van der Waals surface area contributed by atoms with Crippen LogP contribution in [0.1, 0.15) is 27.8 Å². The van der Waals surface area contributed by atoms with Crippen molar-refractivity contribution in [3.8, 4) is 11.3 Å². The lowest BCUT2D eigenvalue weighted by molar-refractivity contribution is -0.119. The summed E-state index contributed by atoms with van der Waals surface area (Å²) in [6.45, 7) is 1.07. The second-order valence-corrected chi connectivity index (χ2v) is 7.03. The first kappa shape index (κ1) is 20.4. The van der Waals surface area contributed by atoms with E-state index in [1.54, 1.807) is 54.2 Å². The molecule has 0 saturated carbocycles. The Hall–Kier alpha value is -3.32. The number of anilines is 1. The molecule has 0 radical (unpaired) electrons. The molecule has 0 bridgehead atoms. The van der Waals surface area contributed by atoms with Gasteiger partial charge in [0.05, 0.1) is 0 Å². The highest BCUT2D eigenvalue weighted by Crippen LogP contribution is 2.23. The first-order chi connectivity index (χ1) is 14.0. The molecule has 7 heteroatoms. The summed E-state index contributed by atoms with van der Waals surface area (Å²) in [6.07, 6.45) is 1.97. The van der Waals surface area contributed by atoms with Gasteiger partial charge in [-0.25, -0.2) is 4.79 Å². The molecular formula is C22H19NO5S. The van der Waals surface area contributed by atoms with Crippen LogP contribution < -0.4 is 5.32 Å². The normalized spacial score (nSPS) is 10.4. The van der Waals surface area contributed by atoms with Crippen LogP contribution in [0.25, 0.3) is 11.3 Å². The number of thioether (sulfide) groups is 1. The first-order valence-electron chi connectivity index (χ1n) is 8.78. The number of hydrogen-bond acceptors (Lipinski definition) is 6. The molecule has 2 aromatic carbocycles. The first-order valence-corrected chi connectivity index (χ1v) is 10.0. The second-order valence-electron chi connectivity index (χ2n) is 6.15. The Balaban J connectivity index is 1.55. The molecule has 29 heavy (non-hydrogen) atoms. The van der Waals surface area contributed by atoms with Crippen molar-refractivity contribution in [1.29, 1.82) is 0 Å². The van der Waals surface area contributed by atoms with Crippen LogP contribution in [0.4, 0.5) is 5.69 Å². The highest BCUT2D eigenvalue weighted by atomic mass is 32.2. The number of rotatable bonds is 7. The van der Waals surface area contributed by atoms with Crippen molar-refractivity contribution >= 4 is 35.1 Å². The maximum Gasteiger partial charge on any atom is 0.374 e. The molecule has 0 atom stereocenters. The van der Waals surface area contributed by atoms with Gasteiger partial charge in [0.25, 0.3) is 5.91 Å². The largest absolute Gasteiger partial charge is 0.450 e. The highest BCUT2D eigenvalue weighted by molar-refractivity contribution is 7.98. The lowest BCUT2D eigenvalue weighted by Crippen LogP contribution is -2.20. The van der Waals surface area contributed by atoms with E-state index in [-0.39, 0.29) is 11.5 Å². The smallest absolute Gasteiger partial charge is 0.374 e. The van der Waals surface area contributed by atoms with E-state index in [4.69, 9.17) is 9.15 Å². The molecule has 1 heterocycles. The van der Waals surface area contributed by atoms with E-state index in [1.807, 2.05) is 18.4 Å². The fraction of sp³-hybridized carbons (Fsp3) is 0.136.